The van der Waals surface area contributed by atoms with Gasteiger partial charge in [-0.05, 0) is 39.8 Å². The third kappa shape index (κ3) is 3.89. The van der Waals surface area contributed by atoms with Gasteiger partial charge in [-0.1, -0.05) is 13.8 Å². The molecule has 0 saturated carbocycles. The third-order valence-corrected chi connectivity index (χ3v) is 5.98. The van der Waals surface area contributed by atoms with Crippen molar-refractivity contribution in [1.29, 1.82) is 0 Å². The van der Waals surface area contributed by atoms with E-state index in [-0.39, 0.29) is 23.8 Å². The Morgan fingerprint density at radius 1 is 1.00 bits per heavy atom. The van der Waals surface area contributed by atoms with Crippen LogP contribution in [0.3, 0.4) is 0 Å². The molecule has 0 spiro atoms. The van der Waals surface area contributed by atoms with Gasteiger partial charge < -0.3 is 14.2 Å². The smallest absolute Gasteiger partial charge is 0.254 e. The molecule has 4 rings (SSSR count). The van der Waals surface area contributed by atoms with Crippen LogP contribution in [0.15, 0.2) is 22.7 Å². The summed E-state index contributed by atoms with van der Waals surface area (Å²) in [5, 5.41) is 5.25. The van der Waals surface area contributed by atoms with Gasteiger partial charge in [0.25, 0.3) is 5.91 Å². The van der Waals surface area contributed by atoms with Crippen molar-refractivity contribution in [2.75, 3.05) is 26.2 Å². The number of amides is 2. The number of hydrogen-bond acceptors (Lipinski definition) is 5. The van der Waals surface area contributed by atoms with Gasteiger partial charge in [-0.3, -0.25) is 9.59 Å². The Hall–Kier alpha value is -3.16. The zero-order valence-corrected chi connectivity index (χ0v) is 19.7. The number of fused-ring (bicyclic) bond motifs is 1. The lowest BCUT2D eigenvalue weighted by molar-refractivity contribution is -0.135. The predicted molar refractivity (Wildman–Crippen MR) is 122 cm³/mol. The van der Waals surface area contributed by atoms with Crippen LogP contribution in [0.1, 0.15) is 55.6 Å². The van der Waals surface area contributed by atoms with E-state index in [2.05, 4.69) is 5.10 Å². The molecular formula is C24H31N5O3. The van der Waals surface area contributed by atoms with Crippen molar-refractivity contribution in [2.24, 2.45) is 5.92 Å². The molecule has 1 saturated heterocycles. The summed E-state index contributed by atoms with van der Waals surface area (Å²) in [7, 11) is 0. The molecule has 0 N–H and O–H groups in total. The van der Waals surface area contributed by atoms with Crippen molar-refractivity contribution in [3.8, 4) is 11.3 Å². The lowest BCUT2D eigenvalue weighted by Gasteiger charge is -2.35. The molecule has 0 atom stereocenters. The van der Waals surface area contributed by atoms with E-state index in [1.807, 2.05) is 68.2 Å². The zero-order chi connectivity index (χ0) is 23.2. The van der Waals surface area contributed by atoms with Crippen LogP contribution in [0.4, 0.5) is 0 Å². The van der Waals surface area contributed by atoms with E-state index in [9.17, 15) is 9.59 Å². The number of piperazine rings is 1. The highest BCUT2D eigenvalue weighted by Crippen LogP contribution is 2.30. The molecule has 0 bridgehead atoms. The monoisotopic (exact) mass is 437 g/mol. The molecule has 1 aliphatic heterocycles. The maximum Gasteiger partial charge on any atom is 0.254 e. The number of rotatable bonds is 4. The number of aryl methyl sites for hydroxylation is 2. The van der Waals surface area contributed by atoms with Crippen LogP contribution in [0.25, 0.3) is 22.3 Å². The first-order valence-electron chi connectivity index (χ1n) is 11.2. The summed E-state index contributed by atoms with van der Waals surface area (Å²) >= 11 is 0. The number of carbonyl (C=O) groups is 2. The standard InChI is InChI=1S/C24H31N5O3/c1-14(2)23(30)27-7-9-28(10-8-27)24(31)19-12-21(18-11-16(5)32-17(18)6)26-22-20(19)13-25-29(22)15(3)4/h11-15H,7-10H2,1-6H3. The zero-order valence-electron chi connectivity index (χ0n) is 19.7. The van der Waals surface area contributed by atoms with E-state index in [1.165, 1.54) is 0 Å². The molecule has 4 heterocycles. The van der Waals surface area contributed by atoms with Gasteiger partial charge in [0.2, 0.25) is 5.91 Å². The Morgan fingerprint density at radius 3 is 2.22 bits per heavy atom. The molecule has 0 radical (unpaired) electrons. The van der Waals surface area contributed by atoms with Gasteiger partial charge in [-0.2, -0.15) is 5.10 Å². The molecule has 3 aromatic heterocycles. The van der Waals surface area contributed by atoms with Crippen molar-refractivity contribution in [1.82, 2.24) is 24.6 Å². The van der Waals surface area contributed by atoms with E-state index >= 15 is 0 Å². The van der Waals surface area contributed by atoms with E-state index < -0.39 is 0 Å². The molecule has 170 valence electrons. The first-order valence-corrected chi connectivity index (χ1v) is 11.2. The van der Waals surface area contributed by atoms with E-state index in [0.29, 0.717) is 43.1 Å². The molecular weight excluding hydrogens is 406 g/mol. The molecule has 1 aliphatic rings. The molecule has 2 amide bonds. The maximum absolute atomic E-state index is 13.6. The summed E-state index contributed by atoms with van der Waals surface area (Å²) in [5.74, 6) is 1.61. The number of furan rings is 1. The third-order valence-electron chi connectivity index (χ3n) is 5.98. The Bertz CT molecular complexity index is 1170. The fourth-order valence-electron chi connectivity index (χ4n) is 4.26. The summed E-state index contributed by atoms with van der Waals surface area (Å²) < 4.78 is 7.56. The Labute approximate surface area is 188 Å². The first kappa shape index (κ1) is 22.0. The van der Waals surface area contributed by atoms with Crippen LogP contribution in [-0.2, 0) is 4.79 Å². The second-order valence-corrected chi connectivity index (χ2v) is 9.07. The highest BCUT2D eigenvalue weighted by atomic mass is 16.3. The summed E-state index contributed by atoms with van der Waals surface area (Å²) in [4.78, 5) is 34.5. The van der Waals surface area contributed by atoms with Gasteiger partial charge in [-0.15, -0.1) is 0 Å². The summed E-state index contributed by atoms with van der Waals surface area (Å²) in [5.41, 5.74) is 2.85. The van der Waals surface area contributed by atoms with Gasteiger partial charge >= 0.3 is 0 Å². The number of hydrogen-bond donors (Lipinski definition) is 0. The summed E-state index contributed by atoms with van der Waals surface area (Å²) in [6, 6.07) is 3.90. The van der Waals surface area contributed by atoms with Crippen molar-refractivity contribution in [2.45, 2.75) is 47.6 Å². The lowest BCUT2D eigenvalue weighted by Crippen LogP contribution is -2.51. The molecule has 0 aromatic carbocycles. The Kier molecular flexibility index (Phi) is 5.79. The minimum absolute atomic E-state index is 0.0387. The topological polar surface area (TPSA) is 84.5 Å². The van der Waals surface area contributed by atoms with Gasteiger partial charge in [-0.25, -0.2) is 9.67 Å². The highest BCUT2D eigenvalue weighted by Gasteiger charge is 2.28. The molecule has 8 heteroatoms. The molecule has 8 nitrogen and oxygen atoms in total. The quantitative estimate of drug-likeness (QED) is 0.619. The average Bonchev–Trinajstić information content (AvgIpc) is 3.34. The van der Waals surface area contributed by atoms with Crippen molar-refractivity contribution in [3.63, 3.8) is 0 Å². The Balaban J connectivity index is 1.72. The average molecular weight is 438 g/mol. The predicted octanol–water partition coefficient (Wildman–Crippen LogP) is 3.83. The second kappa shape index (κ2) is 8.41. The van der Waals surface area contributed by atoms with Crippen LogP contribution in [0, 0.1) is 19.8 Å². The fourth-order valence-corrected chi connectivity index (χ4v) is 4.26. The normalized spacial score (nSPS) is 14.8. The maximum atomic E-state index is 13.6. The molecule has 3 aromatic rings. The second-order valence-electron chi connectivity index (χ2n) is 9.07. The first-order chi connectivity index (χ1) is 15.2. The van der Waals surface area contributed by atoms with Gasteiger partial charge in [0.1, 0.15) is 11.5 Å². The van der Waals surface area contributed by atoms with Crippen LogP contribution >= 0.6 is 0 Å². The van der Waals surface area contributed by atoms with Crippen LogP contribution in [0.5, 0.6) is 0 Å². The number of carbonyl (C=O) groups excluding carboxylic acids is 2. The van der Waals surface area contributed by atoms with Crippen molar-refractivity contribution >= 4 is 22.8 Å². The minimum Gasteiger partial charge on any atom is -0.466 e. The van der Waals surface area contributed by atoms with Gasteiger partial charge in [0.05, 0.1) is 22.8 Å². The number of nitrogens with zero attached hydrogens (tertiary/aromatic N) is 5. The fraction of sp³-hybridized carbons (Fsp3) is 0.500. The van der Waals surface area contributed by atoms with E-state index in [0.717, 1.165) is 22.5 Å². The summed E-state index contributed by atoms with van der Waals surface area (Å²) in [6.45, 7) is 13.8. The van der Waals surface area contributed by atoms with Crippen LogP contribution in [0.2, 0.25) is 0 Å². The number of pyridine rings is 1. The van der Waals surface area contributed by atoms with Gasteiger partial charge in [0.15, 0.2) is 5.65 Å². The van der Waals surface area contributed by atoms with Crippen LogP contribution in [-0.4, -0.2) is 62.6 Å². The number of aromatic nitrogens is 3. The van der Waals surface area contributed by atoms with E-state index in [4.69, 9.17) is 9.40 Å². The summed E-state index contributed by atoms with van der Waals surface area (Å²) in [6.07, 6.45) is 1.73. The Morgan fingerprint density at radius 2 is 1.66 bits per heavy atom. The van der Waals surface area contributed by atoms with Crippen LogP contribution < -0.4 is 0 Å². The molecule has 32 heavy (non-hydrogen) atoms. The largest absolute Gasteiger partial charge is 0.466 e. The molecule has 0 unspecified atom stereocenters. The molecule has 1 fully saturated rings. The minimum atomic E-state index is -0.0588. The van der Waals surface area contributed by atoms with E-state index in [1.54, 1.807) is 6.20 Å². The lowest BCUT2D eigenvalue weighted by atomic mass is 10.1. The SMILES string of the molecule is Cc1cc(-c2cc(C(=O)N3CCN(C(=O)C(C)C)CC3)c3cnn(C(C)C)c3n2)c(C)o1. The molecule has 0 aliphatic carbocycles. The van der Waals surface area contributed by atoms with Gasteiger partial charge in [0, 0.05) is 43.7 Å². The highest BCUT2D eigenvalue weighted by molar-refractivity contribution is 6.06. The van der Waals surface area contributed by atoms with Crippen molar-refractivity contribution < 1.29 is 14.0 Å². The van der Waals surface area contributed by atoms with Crippen molar-refractivity contribution in [3.05, 3.63) is 35.4 Å².